The number of benzene rings is 1. The van der Waals surface area contributed by atoms with Crippen LogP contribution in [0.5, 0.6) is 5.75 Å². The van der Waals surface area contributed by atoms with E-state index in [1.807, 2.05) is 24.3 Å². The number of hydrogen-bond acceptors (Lipinski definition) is 3. The highest BCUT2D eigenvalue weighted by Gasteiger charge is 1.98. The van der Waals surface area contributed by atoms with Crippen molar-refractivity contribution >= 4 is 5.97 Å². The van der Waals surface area contributed by atoms with Gasteiger partial charge in [-0.15, -0.1) is 0 Å². The summed E-state index contributed by atoms with van der Waals surface area (Å²) < 4.78 is 10.2. The molecule has 86 valence electrons. The van der Waals surface area contributed by atoms with Crippen LogP contribution in [0.2, 0.25) is 0 Å². The normalized spacial score (nSPS) is 9.75. The highest BCUT2D eigenvalue weighted by atomic mass is 16.5. The third kappa shape index (κ3) is 4.61. The van der Waals surface area contributed by atoms with Crippen LogP contribution in [0.1, 0.15) is 5.56 Å². The van der Waals surface area contributed by atoms with Crippen LogP contribution < -0.4 is 4.74 Å². The van der Waals surface area contributed by atoms with Crippen LogP contribution in [0.15, 0.2) is 36.9 Å². The Kier molecular flexibility index (Phi) is 5.08. The van der Waals surface area contributed by atoms with Gasteiger partial charge in [0, 0.05) is 0 Å². The quantitative estimate of drug-likeness (QED) is 0.715. The lowest BCUT2D eigenvalue weighted by molar-refractivity contribution is -0.142. The highest BCUT2D eigenvalue weighted by molar-refractivity contribution is 5.67. The minimum absolute atomic E-state index is 0.283. The molecule has 1 aromatic carbocycles. The van der Waals surface area contributed by atoms with Gasteiger partial charge in [-0.2, -0.15) is 0 Å². The predicted molar refractivity (Wildman–Crippen MR) is 59.4 cm³/mol. The molecule has 1 aromatic rings. The lowest BCUT2D eigenvalue weighted by Gasteiger charge is -2.05. The molecule has 4 nitrogen and oxygen atoms in total. The number of carboxylic acid groups (broad SMARTS) is 1. The summed E-state index contributed by atoms with van der Waals surface area (Å²) >= 11 is 0. The molecule has 0 atom stereocenters. The Bertz CT molecular complexity index is 343. The van der Waals surface area contributed by atoms with Gasteiger partial charge in [0.25, 0.3) is 0 Å². The van der Waals surface area contributed by atoms with Crippen LogP contribution >= 0.6 is 0 Å². The lowest BCUT2D eigenvalue weighted by Crippen LogP contribution is -2.06. The SMILES string of the molecule is C=CCOc1ccc(COCC(=O)O)cc1. The van der Waals surface area contributed by atoms with Crippen molar-refractivity contribution in [2.45, 2.75) is 6.61 Å². The van der Waals surface area contributed by atoms with E-state index in [0.29, 0.717) is 6.61 Å². The van der Waals surface area contributed by atoms with E-state index >= 15 is 0 Å². The fourth-order valence-electron chi connectivity index (χ4n) is 1.09. The van der Waals surface area contributed by atoms with Gasteiger partial charge in [-0.3, -0.25) is 0 Å². The Hall–Kier alpha value is -1.81. The molecule has 0 saturated heterocycles. The van der Waals surface area contributed by atoms with Gasteiger partial charge >= 0.3 is 5.97 Å². The zero-order valence-corrected chi connectivity index (χ0v) is 8.89. The Morgan fingerprint density at radius 1 is 1.38 bits per heavy atom. The molecule has 0 amide bonds. The van der Waals surface area contributed by atoms with E-state index in [0.717, 1.165) is 11.3 Å². The number of ether oxygens (including phenoxy) is 2. The average molecular weight is 222 g/mol. The van der Waals surface area contributed by atoms with E-state index in [1.165, 1.54) is 0 Å². The number of hydrogen-bond donors (Lipinski definition) is 1. The number of aliphatic carboxylic acids is 1. The molecule has 16 heavy (non-hydrogen) atoms. The number of carbonyl (C=O) groups is 1. The lowest BCUT2D eigenvalue weighted by atomic mass is 10.2. The number of rotatable bonds is 7. The molecule has 0 spiro atoms. The standard InChI is InChI=1S/C12H14O4/c1-2-7-16-11-5-3-10(4-6-11)8-15-9-12(13)14/h2-6H,1,7-9H2,(H,13,14). The largest absolute Gasteiger partial charge is 0.490 e. The minimum atomic E-state index is -0.967. The summed E-state index contributed by atoms with van der Waals surface area (Å²) in [7, 11) is 0. The van der Waals surface area contributed by atoms with Crippen molar-refractivity contribution in [2.24, 2.45) is 0 Å². The molecule has 0 fully saturated rings. The van der Waals surface area contributed by atoms with Gasteiger partial charge in [-0.1, -0.05) is 24.8 Å². The molecule has 0 aliphatic heterocycles. The van der Waals surface area contributed by atoms with E-state index in [2.05, 4.69) is 6.58 Å². The Labute approximate surface area is 94.1 Å². The van der Waals surface area contributed by atoms with Crippen LogP contribution in [0.3, 0.4) is 0 Å². The minimum Gasteiger partial charge on any atom is -0.490 e. The summed E-state index contributed by atoms with van der Waals surface area (Å²) in [6.45, 7) is 4.02. The Morgan fingerprint density at radius 2 is 2.06 bits per heavy atom. The molecule has 0 aromatic heterocycles. The van der Waals surface area contributed by atoms with Gasteiger partial charge in [0.15, 0.2) is 0 Å². The first-order valence-electron chi connectivity index (χ1n) is 4.84. The van der Waals surface area contributed by atoms with Crippen molar-refractivity contribution in [1.82, 2.24) is 0 Å². The first-order chi connectivity index (χ1) is 7.72. The third-order valence-corrected chi connectivity index (χ3v) is 1.79. The predicted octanol–water partition coefficient (Wildman–Crippen LogP) is 1.85. The van der Waals surface area contributed by atoms with Gasteiger partial charge in [-0.25, -0.2) is 4.79 Å². The molecular weight excluding hydrogens is 208 g/mol. The second-order valence-corrected chi connectivity index (χ2v) is 3.13. The van der Waals surface area contributed by atoms with Gasteiger partial charge in [0.05, 0.1) is 6.61 Å². The summed E-state index contributed by atoms with van der Waals surface area (Å²) in [6.07, 6.45) is 1.67. The number of carboxylic acids is 1. The first kappa shape index (κ1) is 12.3. The molecule has 0 saturated carbocycles. The third-order valence-electron chi connectivity index (χ3n) is 1.79. The fraction of sp³-hybridized carbons (Fsp3) is 0.250. The molecule has 0 aliphatic carbocycles. The van der Waals surface area contributed by atoms with E-state index < -0.39 is 5.97 Å². The molecule has 0 radical (unpaired) electrons. The van der Waals surface area contributed by atoms with E-state index in [9.17, 15) is 4.79 Å². The summed E-state index contributed by atoms with van der Waals surface area (Å²) in [5, 5.41) is 8.38. The van der Waals surface area contributed by atoms with Crippen molar-refractivity contribution in [3.8, 4) is 5.75 Å². The smallest absolute Gasteiger partial charge is 0.329 e. The van der Waals surface area contributed by atoms with Crippen molar-refractivity contribution in [3.05, 3.63) is 42.5 Å². The molecule has 0 aliphatic rings. The second-order valence-electron chi connectivity index (χ2n) is 3.13. The van der Waals surface area contributed by atoms with Crippen molar-refractivity contribution < 1.29 is 19.4 Å². The van der Waals surface area contributed by atoms with Crippen molar-refractivity contribution in [3.63, 3.8) is 0 Å². The summed E-state index contributed by atoms with van der Waals surface area (Å²) in [5.41, 5.74) is 0.909. The van der Waals surface area contributed by atoms with Crippen molar-refractivity contribution in [1.29, 1.82) is 0 Å². The van der Waals surface area contributed by atoms with E-state index in [1.54, 1.807) is 6.08 Å². The summed E-state index contributed by atoms with van der Waals surface area (Å²) in [5.74, 6) is -0.215. The van der Waals surface area contributed by atoms with Gasteiger partial charge in [0.1, 0.15) is 19.0 Å². The maximum Gasteiger partial charge on any atom is 0.329 e. The van der Waals surface area contributed by atoms with Crippen LogP contribution in [0, 0.1) is 0 Å². The van der Waals surface area contributed by atoms with Crippen LogP contribution in [0.4, 0.5) is 0 Å². The van der Waals surface area contributed by atoms with Crippen LogP contribution in [-0.4, -0.2) is 24.3 Å². The van der Waals surface area contributed by atoms with Crippen LogP contribution in [0.25, 0.3) is 0 Å². The van der Waals surface area contributed by atoms with Gasteiger partial charge in [-0.05, 0) is 17.7 Å². The molecule has 1 rings (SSSR count). The fourth-order valence-corrected chi connectivity index (χ4v) is 1.09. The van der Waals surface area contributed by atoms with Crippen LogP contribution in [-0.2, 0) is 16.1 Å². The molecule has 1 N–H and O–H groups in total. The van der Waals surface area contributed by atoms with Gasteiger partial charge < -0.3 is 14.6 Å². The Balaban J connectivity index is 2.38. The van der Waals surface area contributed by atoms with Gasteiger partial charge in [0.2, 0.25) is 0 Å². The monoisotopic (exact) mass is 222 g/mol. The maximum absolute atomic E-state index is 10.2. The highest BCUT2D eigenvalue weighted by Crippen LogP contribution is 2.12. The summed E-state index contributed by atoms with van der Waals surface area (Å²) in [4.78, 5) is 10.2. The maximum atomic E-state index is 10.2. The van der Waals surface area contributed by atoms with E-state index in [-0.39, 0.29) is 13.2 Å². The van der Waals surface area contributed by atoms with E-state index in [4.69, 9.17) is 14.6 Å². The topological polar surface area (TPSA) is 55.8 Å². The molecule has 0 heterocycles. The molecule has 0 unspecified atom stereocenters. The zero-order chi connectivity index (χ0) is 11.8. The Morgan fingerprint density at radius 3 is 2.62 bits per heavy atom. The van der Waals surface area contributed by atoms with Crippen molar-refractivity contribution in [2.75, 3.05) is 13.2 Å². The molecular formula is C12H14O4. The second kappa shape index (κ2) is 6.63. The zero-order valence-electron chi connectivity index (χ0n) is 8.89. The molecule has 0 bridgehead atoms. The summed E-state index contributed by atoms with van der Waals surface area (Å²) in [6, 6.07) is 7.28. The first-order valence-corrected chi connectivity index (χ1v) is 4.84. The molecule has 4 heteroatoms. The average Bonchev–Trinajstić information content (AvgIpc) is 2.27.